The van der Waals surface area contributed by atoms with Crippen molar-refractivity contribution in [2.24, 2.45) is 5.92 Å². The molecular weight excluding hydrogens is 258 g/mol. The van der Waals surface area contributed by atoms with E-state index in [-0.39, 0.29) is 0 Å². The van der Waals surface area contributed by atoms with Gasteiger partial charge in [-0.3, -0.25) is 0 Å². The summed E-state index contributed by atoms with van der Waals surface area (Å²) < 4.78 is 5.50. The molecule has 1 aromatic rings. The zero-order valence-electron chi connectivity index (χ0n) is 12.5. The van der Waals surface area contributed by atoms with E-state index in [4.69, 9.17) is 16.3 Å². The molecule has 108 valence electrons. The predicted octanol–water partition coefficient (Wildman–Crippen LogP) is 4.48. The van der Waals surface area contributed by atoms with Crippen molar-refractivity contribution in [3.63, 3.8) is 0 Å². The highest BCUT2D eigenvalue weighted by Gasteiger charge is 2.22. The van der Waals surface area contributed by atoms with Crippen LogP contribution in [0.4, 0.5) is 0 Å². The van der Waals surface area contributed by atoms with Crippen LogP contribution >= 0.6 is 11.6 Å². The first kappa shape index (κ1) is 16.3. The molecule has 2 unspecified atom stereocenters. The second kappa shape index (κ2) is 8.44. The summed E-state index contributed by atoms with van der Waals surface area (Å²) in [6.45, 7) is 8.63. The number of hydrogen-bond donors (Lipinski definition) is 1. The molecule has 0 amide bonds. The van der Waals surface area contributed by atoms with Gasteiger partial charge < -0.3 is 10.1 Å². The van der Waals surface area contributed by atoms with Gasteiger partial charge in [-0.1, -0.05) is 45.2 Å². The van der Waals surface area contributed by atoms with Crippen molar-refractivity contribution in [1.82, 2.24) is 5.32 Å². The summed E-state index contributed by atoms with van der Waals surface area (Å²) in [5.74, 6) is 1.99. The molecule has 0 aromatic heterocycles. The topological polar surface area (TPSA) is 21.3 Å². The third-order valence-electron chi connectivity index (χ3n) is 3.64. The summed E-state index contributed by atoms with van der Waals surface area (Å²) in [6, 6.07) is 5.91. The van der Waals surface area contributed by atoms with Crippen LogP contribution in [-0.4, -0.2) is 20.2 Å². The van der Waals surface area contributed by atoms with Crippen molar-refractivity contribution in [3.8, 4) is 5.75 Å². The number of hydrogen-bond acceptors (Lipinski definition) is 2. The van der Waals surface area contributed by atoms with Crippen LogP contribution < -0.4 is 10.1 Å². The molecule has 0 aliphatic heterocycles. The Hall–Kier alpha value is -0.730. The first-order valence-corrected chi connectivity index (χ1v) is 7.55. The van der Waals surface area contributed by atoms with Gasteiger partial charge in [0.1, 0.15) is 5.75 Å². The lowest BCUT2D eigenvalue weighted by Gasteiger charge is -2.26. The van der Waals surface area contributed by atoms with E-state index in [9.17, 15) is 0 Å². The molecule has 0 bridgehead atoms. The Kier molecular flexibility index (Phi) is 7.25. The molecule has 0 aliphatic rings. The second-order valence-corrected chi connectivity index (χ2v) is 5.50. The lowest BCUT2D eigenvalue weighted by Crippen LogP contribution is -2.26. The highest BCUT2D eigenvalue weighted by Crippen LogP contribution is 2.35. The average molecular weight is 284 g/mol. The van der Waals surface area contributed by atoms with Gasteiger partial charge in [0.25, 0.3) is 0 Å². The number of benzene rings is 1. The molecule has 1 rings (SSSR count). The van der Waals surface area contributed by atoms with E-state index >= 15 is 0 Å². The first-order valence-electron chi connectivity index (χ1n) is 7.18. The number of halogens is 1. The minimum Gasteiger partial charge on any atom is -0.496 e. The summed E-state index contributed by atoms with van der Waals surface area (Å²) >= 11 is 6.16. The summed E-state index contributed by atoms with van der Waals surface area (Å²) in [6.07, 6.45) is 2.42. The molecule has 0 fully saturated rings. The fourth-order valence-corrected chi connectivity index (χ4v) is 2.75. The Morgan fingerprint density at radius 1 is 1.32 bits per heavy atom. The molecule has 0 saturated heterocycles. The van der Waals surface area contributed by atoms with Crippen LogP contribution in [0.5, 0.6) is 5.75 Å². The van der Waals surface area contributed by atoms with Crippen LogP contribution in [0.3, 0.4) is 0 Å². The molecular formula is C16H26ClNO. The summed E-state index contributed by atoms with van der Waals surface area (Å²) in [7, 11) is 1.72. The summed E-state index contributed by atoms with van der Waals surface area (Å²) in [5.41, 5.74) is 1.22. The van der Waals surface area contributed by atoms with Gasteiger partial charge in [-0.05, 0) is 30.7 Å². The maximum Gasteiger partial charge on any atom is 0.122 e. The smallest absolute Gasteiger partial charge is 0.122 e. The van der Waals surface area contributed by atoms with Crippen molar-refractivity contribution < 1.29 is 4.74 Å². The number of nitrogens with one attached hydrogen (secondary N) is 1. The van der Waals surface area contributed by atoms with Crippen LogP contribution in [0.1, 0.15) is 45.1 Å². The zero-order valence-corrected chi connectivity index (χ0v) is 13.3. The number of methoxy groups -OCH3 is 1. The van der Waals surface area contributed by atoms with Gasteiger partial charge in [0.2, 0.25) is 0 Å². The monoisotopic (exact) mass is 283 g/mol. The molecule has 0 radical (unpaired) electrons. The lowest BCUT2D eigenvalue weighted by molar-refractivity contribution is 0.371. The SMILES string of the molecule is CCCC(C)C(CNCC)c1cc(Cl)ccc1OC. The Labute approximate surface area is 122 Å². The van der Waals surface area contributed by atoms with Crippen molar-refractivity contribution >= 4 is 11.6 Å². The molecule has 0 saturated carbocycles. The quantitative estimate of drug-likeness (QED) is 0.760. The molecule has 3 heteroatoms. The third kappa shape index (κ3) is 4.70. The van der Waals surface area contributed by atoms with Gasteiger partial charge in [-0.2, -0.15) is 0 Å². The molecule has 1 N–H and O–H groups in total. The Morgan fingerprint density at radius 2 is 2.05 bits per heavy atom. The van der Waals surface area contributed by atoms with Crippen LogP contribution in [0, 0.1) is 5.92 Å². The Morgan fingerprint density at radius 3 is 2.63 bits per heavy atom. The van der Waals surface area contributed by atoms with Crippen LogP contribution in [0.2, 0.25) is 5.02 Å². The molecule has 0 heterocycles. The summed E-state index contributed by atoms with van der Waals surface area (Å²) in [4.78, 5) is 0. The van der Waals surface area contributed by atoms with Crippen LogP contribution in [0.15, 0.2) is 18.2 Å². The maximum absolute atomic E-state index is 6.16. The largest absolute Gasteiger partial charge is 0.496 e. The Balaban J connectivity index is 3.04. The molecule has 2 atom stereocenters. The molecule has 19 heavy (non-hydrogen) atoms. The minimum atomic E-state index is 0.438. The Bertz CT molecular complexity index is 381. The van der Waals surface area contributed by atoms with Gasteiger partial charge in [0, 0.05) is 23.0 Å². The zero-order chi connectivity index (χ0) is 14.3. The molecule has 1 aromatic carbocycles. The number of rotatable bonds is 8. The fraction of sp³-hybridized carbons (Fsp3) is 0.625. The molecule has 0 aliphatic carbocycles. The fourth-order valence-electron chi connectivity index (χ4n) is 2.57. The van der Waals surface area contributed by atoms with Gasteiger partial charge in [-0.25, -0.2) is 0 Å². The van der Waals surface area contributed by atoms with Crippen molar-refractivity contribution in [1.29, 1.82) is 0 Å². The van der Waals surface area contributed by atoms with Crippen molar-refractivity contribution in [3.05, 3.63) is 28.8 Å². The third-order valence-corrected chi connectivity index (χ3v) is 3.87. The predicted molar refractivity (Wildman–Crippen MR) is 83.4 cm³/mol. The number of ether oxygens (including phenoxy) is 1. The van der Waals surface area contributed by atoms with E-state index < -0.39 is 0 Å². The summed E-state index contributed by atoms with van der Waals surface area (Å²) in [5, 5.41) is 4.24. The van der Waals surface area contributed by atoms with Crippen molar-refractivity contribution in [2.75, 3.05) is 20.2 Å². The highest BCUT2D eigenvalue weighted by atomic mass is 35.5. The van der Waals surface area contributed by atoms with Gasteiger partial charge >= 0.3 is 0 Å². The standard InChI is InChI=1S/C16H26ClNO/c1-5-7-12(3)15(11-18-6-2)14-10-13(17)8-9-16(14)19-4/h8-10,12,15,18H,5-7,11H2,1-4H3. The second-order valence-electron chi connectivity index (χ2n) is 5.07. The van der Waals surface area contributed by atoms with E-state index in [0.717, 1.165) is 23.9 Å². The van der Waals surface area contributed by atoms with E-state index in [1.807, 2.05) is 12.1 Å². The van der Waals surface area contributed by atoms with E-state index in [1.165, 1.54) is 18.4 Å². The van der Waals surface area contributed by atoms with Gasteiger partial charge in [-0.15, -0.1) is 0 Å². The van der Waals surface area contributed by atoms with E-state index in [0.29, 0.717) is 11.8 Å². The lowest BCUT2D eigenvalue weighted by atomic mass is 9.84. The van der Waals surface area contributed by atoms with Gasteiger partial charge in [0.05, 0.1) is 7.11 Å². The first-order chi connectivity index (χ1) is 9.13. The van der Waals surface area contributed by atoms with Crippen molar-refractivity contribution in [2.45, 2.75) is 39.5 Å². The molecule has 2 nitrogen and oxygen atoms in total. The van der Waals surface area contributed by atoms with Gasteiger partial charge in [0.15, 0.2) is 0 Å². The maximum atomic E-state index is 6.16. The normalized spacial score (nSPS) is 14.2. The minimum absolute atomic E-state index is 0.438. The highest BCUT2D eigenvalue weighted by molar-refractivity contribution is 6.30. The van der Waals surface area contributed by atoms with E-state index in [2.05, 4.69) is 32.2 Å². The molecule has 0 spiro atoms. The van der Waals surface area contributed by atoms with Crippen LogP contribution in [0.25, 0.3) is 0 Å². The van der Waals surface area contributed by atoms with E-state index in [1.54, 1.807) is 7.11 Å². The average Bonchev–Trinajstić information content (AvgIpc) is 2.40. The number of likely N-dealkylation sites (N-methyl/N-ethyl adjacent to an activating group) is 1. The van der Waals surface area contributed by atoms with Crippen LogP contribution in [-0.2, 0) is 0 Å².